The predicted octanol–water partition coefficient (Wildman–Crippen LogP) is 3.15. The van der Waals surface area contributed by atoms with E-state index in [9.17, 15) is 0 Å². The third-order valence-electron chi connectivity index (χ3n) is 1.37. The largest absolute Gasteiger partial charge is 0.253 e. The fourth-order valence-corrected chi connectivity index (χ4v) is 1.90. The van der Waals surface area contributed by atoms with Crippen molar-refractivity contribution in [2.45, 2.75) is 10.2 Å². The number of benzene rings is 1. The van der Waals surface area contributed by atoms with Gasteiger partial charge in [0.05, 0.1) is 0 Å². The third kappa shape index (κ3) is 3.17. The quantitative estimate of drug-likeness (QED) is 0.595. The second kappa shape index (κ2) is 4.90. The molecule has 0 aliphatic rings. The molecule has 0 radical (unpaired) electrons. The van der Waals surface area contributed by atoms with Crippen molar-refractivity contribution >= 4 is 27.9 Å². The second-order valence-electron chi connectivity index (χ2n) is 2.68. The van der Waals surface area contributed by atoms with Crippen LogP contribution in [0, 0.1) is 0 Å². The summed E-state index contributed by atoms with van der Waals surface area (Å²) in [6, 6.07) is 8.56. The third-order valence-corrected chi connectivity index (χ3v) is 2.86. The predicted molar refractivity (Wildman–Crippen MR) is 58.6 cm³/mol. The Labute approximate surface area is 86.4 Å². The Bertz CT molecular complexity index is 233. The maximum absolute atomic E-state index is 3.42. The molecule has 0 heterocycles. The zero-order valence-corrected chi connectivity index (χ0v) is 9.65. The van der Waals surface area contributed by atoms with Crippen LogP contribution in [0.2, 0.25) is 0 Å². The number of hydrogen-bond acceptors (Lipinski definition) is 2. The van der Waals surface area contributed by atoms with E-state index in [1.165, 1.54) is 10.5 Å². The summed E-state index contributed by atoms with van der Waals surface area (Å²) in [4.78, 5) is 1.28. The Balaban J connectivity index is 2.65. The van der Waals surface area contributed by atoms with Gasteiger partial charge >= 0.3 is 0 Å². The Morgan fingerprint density at radius 2 is 1.83 bits per heavy atom. The number of halogens is 1. The summed E-state index contributed by atoms with van der Waals surface area (Å²) in [7, 11) is 4.09. The van der Waals surface area contributed by atoms with Crippen LogP contribution < -0.4 is 0 Å². The number of alkyl halides is 1. The molecule has 0 saturated heterocycles. The van der Waals surface area contributed by atoms with Crippen LogP contribution in [-0.4, -0.2) is 18.4 Å². The Morgan fingerprint density at radius 3 is 2.25 bits per heavy atom. The molecule has 0 spiro atoms. The molecule has 1 nitrogen and oxygen atoms in total. The van der Waals surface area contributed by atoms with Crippen LogP contribution in [0.25, 0.3) is 0 Å². The number of hydrogen-bond donors (Lipinski definition) is 0. The molecule has 1 aromatic carbocycles. The van der Waals surface area contributed by atoms with E-state index in [0.717, 1.165) is 5.33 Å². The number of nitrogens with zero attached hydrogens (tertiary/aromatic N) is 1. The zero-order valence-electron chi connectivity index (χ0n) is 7.25. The average molecular weight is 246 g/mol. The molecular formula is C9H12BrNS. The van der Waals surface area contributed by atoms with E-state index in [-0.39, 0.29) is 0 Å². The lowest BCUT2D eigenvalue weighted by Crippen LogP contribution is -1.98. The minimum Gasteiger partial charge on any atom is -0.253 e. The topological polar surface area (TPSA) is 3.24 Å². The molecule has 1 aromatic rings. The van der Waals surface area contributed by atoms with Crippen LogP contribution in [0.4, 0.5) is 0 Å². The standard InChI is InChI=1S/C9H12BrNS/c1-11(2)12-9-5-3-8(7-10)4-6-9/h3-6H,7H2,1-2H3. The van der Waals surface area contributed by atoms with E-state index in [1.807, 2.05) is 14.1 Å². The van der Waals surface area contributed by atoms with Gasteiger partial charge in [0.2, 0.25) is 0 Å². The SMILES string of the molecule is CN(C)Sc1ccc(CBr)cc1. The summed E-state index contributed by atoms with van der Waals surface area (Å²) in [5.74, 6) is 0. The number of rotatable bonds is 3. The van der Waals surface area contributed by atoms with Gasteiger partial charge < -0.3 is 0 Å². The van der Waals surface area contributed by atoms with Crippen molar-refractivity contribution in [2.24, 2.45) is 0 Å². The highest BCUT2D eigenvalue weighted by Crippen LogP contribution is 2.20. The first-order valence-electron chi connectivity index (χ1n) is 3.72. The van der Waals surface area contributed by atoms with E-state index in [4.69, 9.17) is 0 Å². The lowest BCUT2D eigenvalue weighted by atomic mass is 10.2. The summed E-state index contributed by atoms with van der Waals surface area (Å²) in [5.41, 5.74) is 1.32. The van der Waals surface area contributed by atoms with Gasteiger partial charge in [-0.25, -0.2) is 0 Å². The molecular weight excluding hydrogens is 234 g/mol. The zero-order chi connectivity index (χ0) is 8.97. The normalized spacial score (nSPS) is 10.7. The Hall–Kier alpha value is 0.01000. The highest BCUT2D eigenvalue weighted by molar-refractivity contribution is 9.08. The fourth-order valence-electron chi connectivity index (χ4n) is 0.850. The van der Waals surface area contributed by atoms with Gasteiger partial charge in [-0.05, 0) is 43.7 Å². The van der Waals surface area contributed by atoms with E-state index in [1.54, 1.807) is 11.9 Å². The molecule has 0 atom stereocenters. The first-order valence-corrected chi connectivity index (χ1v) is 5.62. The molecule has 0 saturated carbocycles. The highest BCUT2D eigenvalue weighted by Gasteiger charge is 1.95. The summed E-state index contributed by atoms with van der Waals surface area (Å²) >= 11 is 5.15. The van der Waals surface area contributed by atoms with Gasteiger partial charge in [0, 0.05) is 10.2 Å². The van der Waals surface area contributed by atoms with Crippen LogP contribution in [0.1, 0.15) is 5.56 Å². The summed E-state index contributed by atoms with van der Waals surface area (Å²) in [5, 5.41) is 0.930. The molecule has 0 bridgehead atoms. The molecule has 0 unspecified atom stereocenters. The second-order valence-corrected chi connectivity index (χ2v) is 4.63. The minimum absolute atomic E-state index is 0.930. The molecule has 3 heteroatoms. The highest BCUT2D eigenvalue weighted by atomic mass is 79.9. The first-order chi connectivity index (χ1) is 5.72. The first kappa shape index (κ1) is 10.1. The van der Waals surface area contributed by atoms with Gasteiger partial charge in [-0.1, -0.05) is 28.1 Å². The minimum atomic E-state index is 0.930. The van der Waals surface area contributed by atoms with Crippen molar-refractivity contribution in [3.05, 3.63) is 29.8 Å². The van der Waals surface area contributed by atoms with Crippen molar-refractivity contribution < 1.29 is 0 Å². The van der Waals surface area contributed by atoms with Crippen molar-refractivity contribution in [3.63, 3.8) is 0 Å². The van der Waals surface area contributed by atoms with Gasteiger partial charge in [0.25, 0.3) is 0 Å². The maximum atomic E-state index is 3.42. The van der Waals surface area contributed by atoms with Crippen molar-refractivity contribution in [1.82, 2.24) is 4.31 Å². The van der Waals surface area contributed by atoms with Gasteiger partial charge in [-0.2, -0.15) is 0 Å². The summed E-state index contributed by atoms with van der Waals surface area (Å²) in [6.07, 6.45) is 0. The molecule has 66 valence electrons. The van der Waals surface area contributed by atoms with Gasteiger partial charge in [-0.15, -0.1) is 0 Å². The van der Waals surface area contributed by atoms with Crippen LogP contribution >= 0.6 is 27.9 Å². The maximum Gasteiger partial charge on any atom is 0.0283 e. The Kier molecular flexibility index (Phi) is 4.12. The summed E-state index contributed by atoms with van der Waals surface area (Å²) in [6.45, 7) is 0. The molecule has 1 rings (SSSR count). The van der Waals surface area contributed by atoms with E-state index >= 15 is 0 Å². The molecule has 0 N–H and O–H groups in total. The van der Waals surface area contributed by atoms with Crippen LogP contribution in [-0.2, 0) is 5.33 Å². The molecule has 0 amide bonds. The smallest absolute Gasteiger partial charge is 0.0283 e. The molecule has 0 fully saturated rings. The van der Waals surface area contributed by atoms with E-state index < -0.39 is 0 Å². The van der Waals surface area contributed by atoms with Gasteiger partial charge in [0.1, 0.15) is 0 Å². The van der Waals surface area contributed by atoms with Crippen molar-refractivity contribution in [3.8, 4) is 0 Å². The monoisotopic (exact) mass is 245 g/mol. The molecule has 0 aliphatic heterocycles. The van der Waals surface area contributed by atoms with Crippen LogP contribution in [0.3, 0.4) is 0 Å². The van der Waals surface area contributed by atoms with Crippen molar-refractivity contribution in [1.29, 1.82) is 0 Å². The van der Waals surface area contributed by atoms with Gasteiger partial charge in [-0.3, -0.25) is 4.31 Å². The molecule has 0 aliphatic carbocycles. The fraction of sp³-hybridized carbons (Fsp3) is 0.333. The van der Waals surface area contributed by atoms with Crippen molar-refractivity contribution in [2.75, 3.05) is 14.1 Å². The molecule has 12 heavy (non-hydrogen) atoms. The van der Waals surface area contributed by atoms with E-state index in [2.05, 4.69) is 44.5 Å². The lowest BCUT2D eigenvalue weighted by Gasteiger charge is -2.07. The average Bonchev–Trinajstić information content (AvgIpc) is 2.05. The van der Waals surface area contributed by atoms with Gasteiger partial charge in [0.15, 0.2) is 0 Å². The molecule has 0 aromatic heterocycles. The van der Waals surface area contributed by atoms with E-state index in [0.29, 0.717) is 0 Å². The van der Waals surface area contributed by atoms with Crippen LogP contribution in [0.15, 0.2) is 29.2 Å². The van der Waals surface area contributed by atoms with Crippen LogP contribution in [0.5, 0.6) is 0 Å². The Morgan fingerprint density at radius 1 is 1.25 bits per heavy atom. The lowest BCUT2D eigenvalue weighted by molar-refractivity contribution is 0.702. The summed E-state index contributed by atoms with van der Waals surface area (Å²) < 4.78 is 2.09.